The van der Waals surface area contributed by atoms with Gasteiger partial charge in [-0.3, -0.25) is 9.59 Å². The Bertz CT molecular complexity index is 1570. The second kappa shape index (κ2) is 12.0. The Labute approximate surface area is 231 Å². The molecule has 0 aliphatic rings. The van der Waals surface area contributed by atoms with E-state index in [1.54, 1.807) is 6.07 Å². The van der Waals surface area contributed by atoms with Crippen molar-refractivity contribution in [1.29, 1.82) is 0 Å². The van der Waals surface area contributed by atoms with Gasteiger partial charge in [-0.15, -0.1) is 0 Å². The van der Waals surface area contributed by atoms with E-state index >= 15 is 0 Å². The predicted octanol–water partition coefficient (Wildman–Crippen LogP) is 6.56. The minimum absolute atomic E-state index is 0.158. The van der Waals surface area contributed by atoms with Crippen molar-refractivity contribution in [2.24, 2.45) is 7.05 Å². The van der Waals surface area contributed by atoms with Gasteiger partial charge in [0.05, 0.1) is 17.1 Å². The third-order valence-electron chi connectivity index (χ3n) is 6.70. The van der Waals surface area contributed by atoms with E-state index in [1.165, 1.54) is 6.07 Å². The number of nitrogens with zero attached hydrogens (tertiary/aromatic N) is 2. The van der Waals surface area contributed by atoms with Crippen molar-refractivity contribution in [3.8, 4) is 11.1 Å². The fourth-order valence-electron chi connectivity index (χ4n) is 4.63. The van der Waals surface area contributed by atoms with Crippen LogP contribution in [-0.2, 0) is 7.05 Å². The zero-order valence-electron chi connectivity index (χ0n) is 21.6. The van der Waals surface area contributed by atoms with Crippen LogP contribution in [0.15, 0.2) is 95.4 Å². The SMILES string of the molecule is Cn1c(C(CCCCNC(=O)c2ccc(Cl)o2)NC(=O)c2ccc(-c3ccccc3)cc2)nc2ccccc21. The molecular formula is C31H29ClN4O3. The molecule has 198 valence electrons. The predicted molar refractivity (Wildman–Crippen MR) is 153 cm³/mol. The molecule has 2 aromatic heterocycles. The molecule has 5 aromatic rings. The Morgan fingerprint density at radius 2 is 1.59 bits per heavy atom. The minimum atomic E-state index is -0.305. The van der Waals surface area contributed by atoms with Crippen molar-refractivity contribution in [1.82, 2.24) is 20.2 Å². The topological polar surface area (TPSA) is 89.2 Å². The van der Waals surface area contributed by atoms with Gasteiger partial charge in [0.25, 0.3) is 11.8 Å². The lowest BCUT2D eigenvalue weighted by molar-refractivity contribution is 0.0923. The summed E-state index contributed by atoms with van der Waals surface area (Å²) >= 11 is 5.76. The zero-order chi connectivity index (χ0) is 27.2. The summed E-state index contributed by atoms with van der Waals surface area (Å²) in [4.78, 5) is 30.4. The normalized spacial score (nSPS) is 11.8. The third-order valence-corrected chi connectivity index (χ3v) is 6.90. The highest BCUT2D eigenvalue weighted by Crippen LogP contribution is 2.25. The summed E-state index contributed by atoms with van der Waals surface area (Å²) < 4.78 is 7.18. The number of hydrogen-bond donors (Lipinski definition) is 2. The highest BCUT2D eigenvalue weighted by Gasteiger charge is 2.21. The monoisotopic (exact) mass is 540 g/mol. The fraction of sp³-hybridized carbons (Fsp3) is 0.194. The average molecular weight is 541 g/mol. The molecule has 0 radical (unpaired) electrons. The average Bonchev–Trinajstić information content (AvgIpc) is 3.56. The van der Waals surface area contributed by atoms with Crippen LogP contribution in [0.3, 0.4) is 0 Å². The first kappa shape index (κ1) is 26.3. The maximum absolute atomic E-state index is 13.3. The van der Waals surface area contributed by atoms with Gasteiger partial charge in [0.1, 0.15) is 5.82 Å². The van der Waals surface area contributed by atoms with Crippen molar-refractivity contribution in [2.45, 2.75) is 25.3 Å². The summed E-state index contributed by atoms with van der Waals surface area (Å²) in [6, 6.07) is 28.4. The van der Waals surface area contributed by atoms with Crippen LogP contribution in [0.25, 0.3) is 22.2 Å². The number of para-hydroxylation sites is 2. The Hall–Kier alpha value is -4.36. The number of amides is 2. The van der Waals surface area contributed by atoms with Gasteiger partial charge in [0, 0.05) is 19.2 Å². The largest absolute Gasteiger partial charge is 0.440 e. The number of rotatable bonds is 10. The molecule has 0 bridgehead atoms. The van der Waals surface area contributed by atoms with E-state index in [1.807, 2.05) is 90.5 Å². The van der Waals surface area contributed by atoms with Crippen molar-refractivity contribution in [3.05, 3.63) is 113 Å². The lowest BCUT2D eigenvalue weighted by Gasteiger charge is -2.19. The van der Waals surface area contributed by atoms with E-state index < -0.39 is 0 Å². The molecule has 1 unspecified atom stereocenters. The summed E-state index contributed by atoms with van der Waals surface area (Å²) in [5.41, 5.74) is 4.62. The third kappa shape index (κ3) is 6.21. The molecule has 3 aromatic carbocycles. The smallest absolute Gasteiger partial charge is 0.287 e. The van der Waals surface area contributed by atoms with E-state index in [2.05, 4.69) is 10.6 Å². The van der Waals surface area contributed by atoms with E-state index in [0.717, 1.165) is 40.8 Å². The lowest BCUT2D eigenvalue weighted by Crippen LogP contribution is -2.30. The van der Waals surface area contributed by atoms with E-state index in [-0.39, 0.29) is 28.8 Å². The first-order valence-electron chi connectivity index (χ1n) is 12.9. The van der Waals surface area contributed by atoms with Crippen LogP contribution in [0, 0.1) is 0 Å². The van der Waals surface area contributed by atoms with Crippen LogP contribution in [0.5, 0.6) is 0 Å². The molecule has 7 nitrogen and oxygen atoms in total. The first-order chi connectivity index (χ1) is 19.0. The van der Waals surface area contributed by atoms with Crippen molar-refractivity contribution in [2.75, 3.05) is 6.54 Å². The molecule has 8 heteroatoms. The van der Waals surface area contributed by atoms with Gasteiger partial charge in [0.2, 0.25) is 0 Å². The number of carbonyl (C=O) groups excluding carboxylic acids is 2. The van der Waals surface area contributed by atoms with Crippen molar-refractivity contribution >= 4 is 34.4 Å². The maximum atomic E-state index is 13.3. The van der Waals surface area contributed by atoms with Crippen LogP contribution in [-0.4, -0.2) is 27.9 Å². The molecule has 0 saturated carbocycles. The van der Waals surface area contributed by atoms with Crippen LogP contribution >= 0.6 is 11.6 Å². The number of imidazole rings is 1. The van der Waals surface area contributed by atoms with Gasteiger partial charge in [-0.25, -0.2) is 4.98 Å². The van der Waals surface area contributed by atoms with E-state index in [9.17, 15) is 9.59 Å². The first-order valence-corrected chi connectivity index (χ1v) is 13.3. The van der Waals surface area contributed by atoms with Crippen LogP contribution in [0.2, 0.25) is 5.22 Å². The molecule has 0 aliphatic heterocycles. The molecule has 0 saturated heterocycles. The van der Waals surface area contributed by atoms with Crippen molar-refractivity contribution in [3.63, 3.8) is 0 Å². The van der Waals surface area contributed by atoms with Gasteiger partial charge in [-0.2, -0.15) is 0 Å². The molecule has 2 N–H and O–H groups in total. The lowest BCUT2D eigenvalue weighted by atomic mass is 10.0. The summed E-state index contributed by atoms with van der Waals surface area (Å²) in [7, 11) is 1.97. The van der Waals surface area contributed by atoms with Crippen LogP contribution in [0.1, 0.15) is 52.0 Å². The van der Waals surface area contributed by atoms with Gasteiger partial charge >= 0.3 is 0 Å². The van der Waals surface area contributed by atoms with Gasteiger partial charge < -0.3 is 19.6 Å². The number of furan rings is 1. The van der Waals surface area contributed by atoms with Crippen LogP contribution < -0.4 is 10.6 Å². The Balaban J connectivity index is 1.26. The quantitative estimate of drug-likeness (QED) is 0.196. The van der Waals surface area contributed by atoms with Gasteiger partial charge in [-0.05, 0) is 78.4 Å². The van der Waals surface area contributed by atoms with E-state index in [0.29, 0.717) is 18.5 Å². The summed E-state index contributed by atoms with van der Waals surface area (Å²) in [6.45, 7) is 0.474. The van der Waals surface area contributed by atoms with Crippen molar-refractivity contribution < 1.29 is 14.0 Å². The number of fused-ring (bicyclic) bond motifs is 1. The van der Waals surface area contributed by atoms with Gasteiger partial charge in [0.15, 0.2) is 11.0 Å². The highest BCUT2D eigenvalue weighted by molar-refractivity contribution is 6.29. The second-order valence-corrected chi connectivity index (χ2v) is 9.72. The summed E-state index contributed by atoms with van der Waals surface area (Å²) in [5.74, 6) is 0.513. The molecule has 2 heterocycles. The molecule has 5 rings (SSSR count). The molecule has 0 aliphatic carbocycles. The molecule has 2 amide bonds. The number of aryl methyl sites for hydroxylation is 1. The summed E-state index contributed by atoms with van der Waals surface area (Å²) in [6.07, 6.45) is 2.15. The number of benzene rings is 3. The molecular weight excluding hydrogens is 512 g/mol. The van der Waals surface area contributed by atoms with E-state index in [4.69, 9.17) is 21.0 Å². The molecule has 1 atom stereocenters. The molecule has 0 fully saturated rings. The highest BCUT2D eigenvalue weighted by atomic mass is 35.5. The number of unbranched alkanes of at least 4 members (excludes halogenated alkanes) is 1. The second-order valence-electron chi connectivity index (χ2n) is 9.34. The summed E-state index contributed by atoms with van der Waals surface area (Å²) in [5, 5.41) is 6.22. The Morgan fingerprint density at radius 3 is 2.31 bits per heavy atom. The number of carbonyl (C=O) groups is 2. The number of halogens is 1. The minimum Gasteiger partial charge on any atom is -0.440 e. The maximum Gasteiger partial charge on any atom is 0.287 e. The molecule has 0 spiro atoms. The van der Waals surface area contributed by atoms with Gasteiger partial charge in [-0.1, -0.05) is 54.6 Å². The number of nitrogens with one attached hydrogen (secondary N) is 2. The zero-order valence-corrected chi connectivity index (χ0v) is 22.3. The Kier molecular flexibility index (Phi) is 8.08. The standard InChI is InChI=1S/C31H29ClN4O3/c1-36-26-13-6-5-11-24(26)34-29(36)25(12-7-8-20-33-31(38)27-18-19-28(32)39-27)35-30(37)23-16-14-22(15-17-23)21-9-3-2-4-10-21/h2-6,9-11,13-19,25H,7-8,12,20H2,1H3,(H,33,38)(H,35,37). The van der Waals surface area contributed by atoms with Crippen LogP contribution in [0.4, 0.5) is 0 Å². The molecule has 39 heavy (non-hydrogen) atoms. The Morgan fingerprint density at radius 1 is 0.872 bits per heavy atom. The number of hydrogen-bond acceptors (Lipinski definition) is 4. The number of aromatic nitrogens is 2. The fourth-order valence-corrected chi connectivity index (χ4v) is 4.77.